The monoisotopic (exact) mass is 624 g/mol. The third-order valence-corrected chi connectivity index (χ3v) is 10.1. The van der Waals surface area contributed by atoms with Gasteiger partial charge in [-0.3, -0.25) is 0 Å². The summed E-state index contributed by atoms with van der Waals surface area (Å²) in [4.78, 5) is 0. The van der Waals surface area contributed by atoms with E-state index in [2.05, 4.69) is 128 Å². The molecule has 0 aliphatic heterocycles. The van der Waals surface area contributed by atoms with Crippen LogP contribution in [0.3, 0.4) is 0 Å². The molecule has 1 atom stereocenters. The summed E-state index contributed by atoms with van der Waals surface area (Å²) in [6.07, 6.45) is 17.1. The molecule has 0 heterocycles. The summed E-state index contributed by atoms with van der Waals surface area (Å²) in [5, 5.41) is 0. The van der Waals surface area contributed by atoms with Crippen LogP contribution in [-0.2, 0) is 12.8 Å². The molecule has 4 rings (SSSR count). The standard InChI is InChI=1S/C46H53F/c1-11-18-38-29-39(30-45(47)43(38)23-25-46(9,10)24-12-2)40-20-17-22-42(33(40)8)41-21-16-19-37(32(41)7)28-36(15-5)44-26-31(6)34(13-3)27-35(44)14-4/h11-14,16-22,26,29-31H,2,5,23-25,27-28H2,1,3-4,6-10H3/b18-11-,34-13-,35-14-. The maximum Gasteiger partial charge on any atom is 0.127 e. The first-order chi connectivity index (χ1) is 22.5. The minimum absolute atomic E-state index is 0.0797. The molecule has 47 heavy (non-hydrogen) atoms. The van der Waals surface area contributed by atoms with E-state index in [-0.39, 0.29) is 11.2 Å². The van der Waals surface area contributed by atoms with Crippen LogP contribution >= 0.6 is 0 Å². The van der Waals surface area contributed by atoms with Gasteiger partial charge in [0.25, 0.3) is 0 Å². The number of benzene rings is 3. The molecule has 0 N–H and O–H groups in total. The molecule has 0 saturated heterocycles. The average molecular weight is 625 g/mol. The first-order valence-electron chi connectivity index (χ1n) is 17.1. The molecule has 1 heteroatoms. The van der Waals surface area contributed by atoms with Crippen molar-refractivity contribution in [2.45, 2.75) is 87.5 Å². The molecule has 0 aromatic heterocycles. The summed E-state index contributed by atoms with van der Waals surface area (Å²) in [5.41, 5.74) is 18.4. The Labute approximate surface area is 284 Å². The predicted octanol–water partition coefficient (Wildman–Crippen LogP) is 13.5. The number of hydrogen-bond acceptors (Lipinski definition) is 0. The summed E-state index contributed by atoms with van der Waals surface area (Å²) >= 11 is 0. The summed E-state index contributed by atoms with van der Waals surface area (Å²) in [5.74, 6) is 0.265. The zero-order valence-electron chi connectivity index (χ0n) is 30.0. The minimum atomic E-state index is -0.134. The summed E-state index contributed by atoms with van der Waals surface area (Å²) in [6.45, 7) is 25.4. The van der Waals surface area contributed by atoms with Gasteiger partial charge in [-0.1, -0.05) is 106 Å². The van der Waals surface area contributed by atoms with Crippen molar-refractivity contribution in [3.8, 4) is 22.3 Å². The van der Waals surface area contributed by atoms with Gasteiger partial charge in [0.05, 0.1) is 0 Å². The van der Waals surface area contributed by atoms with Crippen LogP contribution in [0, 0.1) is 31.0 Å². The van der Waals surface area contributed by atoms with Crippen molar-refractivity contribution in [1.82, 2.24) is 0 Å². The third-order valence-electron chi connectivity index (χ3n) is 10.1. The third kappa shape index (κ3) is 8.04. The maximum atomic E-state index is 15.9. The number of halogens is 1. The molecule has 1 unspecified atom stereocenters. The number of hydrogen-bond donors (Lipinski definition) is 0. The lowest BCUT2D eigenvalue weighted by atomic mass is 9.78. The second kappa shape index (κ2) is 15.6. The Kier molecular flexibility index (Phi) is 11.8. The van der Waals surface area contributed by atoms with Crippen molar-refractivity contribution in [3.63, 3.8) is 0 Å². The van der Waals surface area contributed by atoms with Gasteiger partial charge in [0, 0.05) is 12.0 Å². The molecule has 1 aliphatic carbocycles. The van der Waals surface area contributed by atoms with E-state index in [1.807, 2.05) is 25.2 Å². The maximum absolute atomic E-state index is 15.9. The van der Waals surface area contributed by atoms with E-state index in [0.717, 1.165) is 59.1 Å². The van der Waals surface area contributed by atoms with Gasteiger partial charge in [0.15, 0.2) is 0 Å². The fraction of sp³-hybridized carbons (Fsp3) is 0.326. The number of rotatable bonds is 11. The summed E-state index contributed by atoms with van der Waals surface area (Å²) < 4.78 is 15.9. The van der Waals surface area contributed by atoms with Gasteiger partial charge in [-0.25, -0.2) is 4.39 Å². The second-order valence-corrected chi connectivity index (χ2v) is 13.8. The molecule has 0 nitrogen and oxygen atoms in total. The fourth-order valence-corrected chi connectivity index (χ4v) is 7.07. The van der Waals surface area contributed by atoms with Gasteiger partial charge >= 0.3 is 0 Å². The lowest BCUT2D eigenvalue weighted by molar-refractivity contribution is 0.338. The highest BCUT2D eigenvalue weighted by atomic mass is 19.1. The molecule has 0 saturated carbocycles. The number of allylic oxidation sites excluding steroid dienone is 9. The van der Waals surface area contributed by atoms with Gasteiger partial charge in [-0.15, -0.1) is 12.3 Å². The zero-order chi connectivity index (χ0) is 34.3. The topological polar surface area (TPSA) is 0 Å². The molecule has 0 fully saturated rings. The van der Waals surface area contributed by atoms with Crippen molar-refractivity contribution in [2.24, 2.45) is 11.3 Å². The van der Waals surface area contributed by atoms with E-state index < -0.39 is 0 Å². The van der Waals surface area contributed by atoms with E-state index in [0.29, 0.717) is 12.3 Å². The summed E-state index contributed by atoms with van der Waals surface area (Å²) in [6, 6.07) is 16.9. The van der Waals surface area contributed by atoms with Gasteiger partial charge in [-0.2, -0.15) is 0 Å². The van der Waals surface area contributed by atoms with Crippen LogP contribution in [0.15, 0.2) is 120 Å². The molecule has 0 amide bonds. The molecule has 3 aromatic carbocycles. The van der Waals surface area contributed by atoms with Crippen molar-refractivity contribution in [2.75, 3.05) is 0 Å². The quantitative estimate of drug-likeness (QED) is 0.147. The Morgan fingerprint density at radius 2 is 1.66 bits per heavy atom. The van der Waals surface area contributed by atoms with E-state index in [1.165, 1.54) is 39.0 Å². The molecular formula is C46H53F. The smallest absolute Gasteiger partial charge is 0.127 e. The molecular weight excluding hydrogens is 572 g/mol. The van der Waals surface area contributed by atoms with Gasteiger partial charge in [0.1, 0.15) is 5.82 Å². The Hall–Kier alpha value is -4.19. The van der Waals surface area contributed by atoms with E-state index in [4.69, 9.17) is 0 Å². The van der Waals surface area contributed by atoms with Gasteiger partial charge < -0.3 is 0 Å². The van der Waals surface area contributed by atoms with Crippen LogP contribution in [0.5, 0.6) is 0 Å². The van der Waals surface area contributed by atoms with Gasteiger partial charge in [-0.05, 0) is 145 Å². The SMILES string of the molecule is C=C=C(Cc1cccc(-c2cccc(-c3cc(F)c(CCC(C)(C)CC=C)c(/C=C\C)c3)c2C)c1C)C1=CC(C)/C(=C\C)C/C1=C/C. The van der Waals surface area contributed by atoms with Crippen LogP contribution in [0.2, 0.25) is 0 Å². The van der Waals surface area contributed by atoms with Crippen molar-refractivity contribution >= 4 is 6.08 Å². The Bertz CT molecular complexity index is 1810. The first kappa shape index (κ1) is 35.7. The highest BCUT2D eigenvalue weighted by Crippen LogP contribution is 2.39. The normalized spacial score (nSPS) is 16.9. The Morgan fingerprint density at radius 1 is 0.979 bits per heavy atom. The molecule has 0 radical (unpaired) electrons. The highest BCUT2D eigenvalue weighted by molar-refractivity contribution is 5.81. The molecule has 1 aliphatic rings. The lowest BCUT2D eigenvalue weighted by Gasteiger charge is -2.26. The average Bonchev–Trinajstić information content (AvgIpc) is 3.04. The molecule has 0 bridgehead atoms. The van der Waals surface area contributed by atoms with Crippen molar-refractivity contribution in [1.29, 1.82) is 0 Å². The largest absolute Gasteiger partial charge is 0.207 e. The Balaban J connectivity index is 1.72. The first-order valence-corrected chi connectivity index (χ1v) is 17.1. The van der Waals surface area contributed by atoms with Crippen LogP contribution in [0.1, 0.15) is 88.6 Å². The molecule has 0 spiro atoms. The van der Waals surface area contributed by atoms with Crippen molar-refractivity contribution < 1.29 is 4.39 Å². The minimum Gasteiger partial charge on any atom is -0.207 e. The van der Waals surface area contributed by atoms with Crippen LogP contribution in [-0.4, -0.2) is 0 Å². The summed E-state index contributed by atoms with van der Waals surface area (Å²) in [7, 11) is 0. The highest BCUT2D eigenvalue weighted by Gasteiger charge is 2.23. The lowest BCUT2D eigenvalue weighted by Crippen LogP contribution is -2.12. The zero-order valence-corrected chi connectivity index (χ0v) is 30.0. The Morgan fingerprint density at radius 3 is 2.30 bits per heavy atom. The predicted molar refractivity (Wildman–Crippen MR) is 204 cm³/mol. The van der Waals surface area contributed by atoms with E-state index >= 15 is 4.39 Å². The van der Waals surface area contributed by atoms with Crippen LogP contribution in [0.4, 0.5) is 4.39 Å². The van der Waals surface area contributed by atoms with E-state index in [1.54, 1.807) is 6.07 Å². The fourth-order valence-electron chi connectivity index (χ4n) is 7.07. The van der Waals surface area contributed by atoms with E-state index in [9.17, 15) is 0 Å². The van der Waals surface area contributed by atoms with Crippen LogP contribution < -0.4 is 0 Å². The second-order valence-electron chi connectivity index (χ2n) is 13.8. The molecule has 3 aromatic rings. The van der Waals surface area contributed by atoms with Gasteiger partial charge in [0.2, 0.25) is 0 Å². The van der Waals surface area contributed by atoms with Crippen LogP contribution in [0.25, 0.3) is 28.3 Å². The molecule has 244 valence electrons. The van der Waals surface area contributed by atoms with Crippen molar-refractivity contribution in [3.05, 3.63) is 154 Å².